The number of fused-ring (bicyclic) bond motifs is 3. The number of rotatable bonds is 7. The fraction of sp³-hybridized carbons (Fsp3) is 0.462. The lowest BCUT2D eigenvalue weighted by Crippen LogP contribution is -2.26. The number of aryl methyl sites for hydroxylation is 2. The molecule has 5 nitrogen and oxygen atoms in total. The van der Waals surface area contributed by atoms with E-state index in [0.717, 1.165) is 44.7 Å². The number of carbonyl (C=O) groups is 1. The predicted molar refractivity (Wildman–Crippen MR) is 127 cm³/mol. The van der Waals surface area contributed by atoms with Gasteiger partial charge in [0.1, 0.15) is 5.78 Å². The van der Waals surface area contributed by atoms with Crippen LogP contribution in [0.25, 0.3) is 10.9 Å². The van der Waals surface area contributed by atoms with Gasteiger partial charge in [0.05, 0.1) is 6.54 Å². The number of benzene rings is 1. The highest BCUT2D eigenvalue weighted by atomic mass is 16.1. The molecule has 0 saturated heterocycles. The van der Waals surface area contributed by atoms with E-state index >= 15 is 0 Å². The summed E-state index contributed by atoms with van der Waals surface area (Å²) < 4.78 is 2.49. The maximum absolute atomic E-state index is 12.4. The van der Waals surface area contributed by atoms with Crippen LogP contribution in [0.5, 0.6) is 0 Å². The number of ketones is 1. The van der Waals surface area contributed by atoms with Gasteiger partial charge in [0.15, 0.2) is 0 Å². The van der Waals surface area contributed by atoms with Crippen LogP contribution in [0.15, 0.2) is 36.5 Å². The number of likely N-dealkylation sites (N-methyl/N-ethyl adjacent to an activating group) is 1. The van der Waals surface area contributed by atoms with Crippen molar-refractivity contribution < 1.29 is 4.79 Å². The van der Waals surface area contributed by atoms with Gasteiger partial charge >= 0.3 is 0 Å². The summed E-state index contributed by atoms with van der Waals surface area (Å²) in [5.41, 5.74) is 13.4. The van der Waals surface area contributed by atoms with Crippen molar-refractivity contribution in [3.63, 3.8) is 0 Å². The number of nitrogens with two attached hydrogens (primary N) is 1. The average Bonchev–Trinajstić information content (AvgIpc) is 2.90. The molecule has 5 heteroatoms. The average molecular weight is 419 g/mol. The van der Waals surface area contributed by atoms with Crippen molar-refractivity contribution in [3.8, 4) is 0 Å². The maximum atomic E-state index is 12.4. The van der Waals surface area contributed by atoms with Crippen LogP contribution in [-0.4, -0.2) is 46.4 Å². The van der Waals surface area contributed by atoms with Crippen LogP contribution in [0.2, 0.25) is 0 Å². The summed E-state index contributed by atoms with van der Waals surface area (Å²) in [5, 5.41) is 1.38. The monoisotopic (exact) mass is 418 g/mol. The van der Waals surface area contributed by atoms with Gasteiger partial charge in [-0.15, -0.1) is 0 Å². The Morgan fingerprint density at radius 3 is 2.71 bits per heavy atom. The van der Waals surface area contributed by atoms with Crippen molar-refractivity contribution in [2.45, 2.75) is 52.5 Å². The third kappa shape index (κ3) is 4.58. The molecule has 164 valence electrons. The largest absolute Gasteiger partial charge is 0.344 e. The van der Waals surface area contributed by atoms with E-state index in [1.807, 2.05) is 13.1 Å². The maximum Gasteiger partial charge on any atom is 0.147 e. The van der Waals surface area contributed by atoms with Crippen LogP contribution in [-0.2, 0) is 24.2 Å². The lowest BCUT2D eigenvalue weighted by Gasteiger charge is -2.21. The minimum atomic E-state index is 0.0873. The first-order chi connectivity index (χ1) is 15.0. The molecule has 1 unspecified atom stereocenters. The quantitative estimate of drug-likeness (QED) is 0.634. The zero-order chi connectivity index (χ0) is 22.0. The van der Waals surface area contributed by atoms with E-state index in [9.17, 15) is 4.79 Å². The summed E-state index contributed by atoms with van der Waals surface area (Å²) in [6.07, 6.45) is 4.43. The van der Waals surface area contributed by atoms with E-state index in [4.69, 9.17) is 5.73 Å². The normalized spacial score (nSPS) is 15.6. The van der Waals surface area contributed by atoms with Crippen molar-refractivity contribution in [1.82, 2.24) is 14.5 Å². The number of pyridine rings is 1. The molecule has 2 N–H and O–H groups in total. The van der Waals surface area contributed by atoms with Gasteiger partial charge in [-0.25, -0.2) is 0 Å². The molecule has 0 aliphatic carbocycles. The number of hydrogen-bond donors (Lipinski definition) is 1. The van der Waals surface area contributed by atoms with E-state index in [-0.39, 0.29) is 18.2 Å². The van der Waals surface area contributed by atoms with E-state index in [0.29, 0.717) is 6.42 Å². The molecule has 0 fully saturated rings. The molecule has 1 aliphatic heterocycles. The van der Waals surface area contributed by atoms with Gasteiger partial charge < -0.3 is 15.2 Å². The van der Waals surface area contributed by atoms with E-state index in [1.54, 1.807) is 0 Å². The first kappa shape index (κ1) is 21.7. The Morgan fingerprint density at radius 2 is 1.97 bits per heavy atom. The molecule has 3 heterocycles. The van der Waals surface area contributed by atoms with Crippen molar-refractivity contribution in [2.24, 2.45) is 5.73 Å². The van der Waals surface area contributed by atoms with Crippen molar-refractivity contribution in [3.05, 3.63) is 64.6 Å². The molecule has 1 aromatic carbocycles. The first-order valence-corrected chi connectivity index (χ1v) is 11.5. The lowest BCUT2D eigenvalue weighted by atomic mass is 9.93. The van der Waals surface area contributed by atoms with Gasteiger partial charge in [-0.1, -0.05) is 18.6 Å². The SMILES string of the molecule is CCN1CCc2c(n(CC(CC(=O)CN)c3ccnc(C)c3)c3ccc(C)cc23)CC1. The van der Waals surface area contributed by atoms with E-state index in [1.165, 1.54) is 33.3 Å². The van der Waals surface area contributed by atoms with Crippen LogP contribution < -0.4 is 5.73 Å². The van der Waals surface area contributed by atoms with Gasteiger partial charge in [-0.3, -0.25) is 9.78 Å². The molecule has 2 aromatic heterocycles. The molecule has 0 amide bonds. The molecule has 3 aromatic rings. The molecule has 1 atom stereocenters. The first-order valence-electron chi connectivity index (χ1n) is 11.5. The van der Waals surface area contributed by atoms with Gasteiger partial charge in [-0.2, -0.15) is 0 Å². The van der Waals surface area contributed by atoms with Crippen LogP contribution in [0.4, 0.5) is 0 Å². The molecular weight excluding hydrogens is 384 g/mol. The van der Waals surface area contributed by atoms with E-state index in [2.05, 4.69) is 58.6 Å². The Labute approximate surface area is 185 Å². The molecule has 4 rings (SSSR count). The Bertz CT molecular complexity index is 1080. The molecule has 1 aliphatic rings. The fourth-order valence-electron chi connectivity index (χ4n) is 5.01. The Balaban J connectivity index is 1.80. The second-order valence-corrected chi connectivity index (χ2v) is 8.87. The molecule has 0 spiro atoms. The Kier molecular flexibility index (Phi) is 6.54. The third-order valence-corrected chi connectivity index (χ3v) is 6.73. The van der Waals surface area contributed by atoms with Crippen LogP contribution >= 0.6 is 0 Å². The van der Waals surface area contributed by atoms with Crippen molar-refractivity contribution >= 4 is 16.7 Å². The summed E-state index contributed by atoms with van der Waals surface area (Å²) in [7, 11) is 0. The highest BCUT2D eigenvalue weighted by Gasteiger charge is 2.24. The molecule has 0 bridgehead atoms. The van der Waals surface area contributed by atoms with Crippen LogP contribution in [0.1, 0.15) is 47.3 Å². The number of nitrogens with zero attached hydrogens (tertiary/aromatic N) is 3. The minimum Gasteiger partial charge on any atom is -0.344 e. The Morgan fingerprint density at radius 1 is 1.16 bits per heavy atom. The number of aromatic nitrogens is 2. The van der Waals surface area contributed by atoms with Crippen molar-refractivity contribution in [2.75, 3.05) is 26.2 Å². The summed E-state index contributed by atoms with van der Waals surface area (Å²) in [4.78, 5) is 19.3. The van der Waals surface area contributed by atoms with E-state index < -0.39 is 0 Å². The van der Waals surface area contributed by atoms with Gasteiger partial charge in [0, 0.05) is 66.9 Å². The molecule has 0 saturated carbocycles. The predicted octanol–water partition coefficient (Wildman–Crippen LogP) is 3.78. The summed E-state index contributed by atoms with van der Waals surface area (Å²) in [6, 6.07) is 11.0. The highest BCUT2D eigenvalue weighted by Crippen LogP contribution is 2.33. The number of Topliss-reactive ketones (excluding diaryl/α,β-unsaturated/α-hetero) is 1. The number of hydrogen-bond acceptors (Lipinski definition) is 4. The van der Waals surface area contributed by atoms with Gasteiger partial charge in [0.2, 0.25) is 0 Å². The summed E-state index contributed by atoms with van der Waals surface area (Å²) in [6.45, 7) is 10.6. The minimum absolute atomic E-state index is 0.0873. The zero-order valence-electron chi connectivity index (χ0n) is 19.0. The van der Waals surface area contributed by atoms with Gasteiger partial charge in [0.25, 0.3) is 0 Å². The van der Waals surface area contributed by atoms with Crippen LogP contribution in [0.3, 0.4) is 0 Å². The summed E-state index contributed by atoms with van der Waals surface area (Å²) in [5.74, 6) is 0.194. The second kappa shape index (κ2) is 9.33. The Hall–Kier alpha value is -2.50. The molecule has 0 radical (unpaired) electrons. The molecular formula is C26H34N4O. The zero-order valence-corrected chi connectivity index (χ0v) is 19.0. The molecule has 31 heavy (non-hydrogen) atoms. The highest BCUT2D eigenvalue weighted by molar-refractivity contribution is 5.86. The number of carbonyl (C=O) groups excluding carboxylic acids is 1. The van der Waals surface area contributed by atoms with Gasteiger partial charge in [-0.05, 0) is 62.2 Å². The van der Waals surface area contributed by atoms with Crippen LogP contribution in [0, 0.1) is 13.8 Å². The lowest BCUT2D eigenvalue weighted by molar-refractivity contribution is -0.118. The third-order valence-electron chi connectivity index (χ3n) is 6.73. The van der Waals surface area contributed by atoms with Crippen molar-refractivity contribution in [1.29, 1.82) is 0 Å². The summed E-state index contributed by atoms with van der Waals surface area (Å²) >= 11 is 0. The standard InChI is InChI=1S/C26H34N4O/c1-4-29-11-8-23-24-13-18(2)5-6-25(24)30(26(23)9-12-29)17-21(15-22(31)16-27)20-7-10-28-19(3)14-20/h5-7,10,13-14,21H,4,8-9,11-12,15-17,27H2,1-3H3. The fourth-order valence-corrected chi connectivity index (χ4v) is 5.01. The topological polar surface area (TPSA) is 64.2 Å². The smallest absolute Gasteiger partial charge is 0.147 e. The second-order valence-electron chi connectivity index (χ2n) is 8.87.